The number of rotatable bonds is 7. The number of carbonyl (C=O) groups is 1. The Morgan fingerprint density at radius 3 is 2.64 bits per heavy atom. The minimum Gasteiger partial charge on any atom is -0.497 e. The van der Waals surface area contributed by atoms with E-state index in [4.69, 9.17) is 9.52 Å². The van der Waals surface area contributed by atoms with Crippen LogP contribution >= 0.6 is 0 Å². The number of benzene rings is 2. The van der Waals surface area contributed by atoms with E-state index in [1.165, 1.54) is 16.2 Å². The maximum atomic E-state index is 13.6. The van der Waals surface area contributed by atoms with Crippen molar-refractivity contribution in [1.29, 1.82) is 4.78 Å². The van der Waals surface area contributed by atoms with Crippen molar-refractivity contribution in [2.75, 3.05) is 12.4 Å². The van der Waals surface area contributed by atoms with Crippen LogP contribution in [-0.4, -0.2) is 27.8 Å². The minimum absolute atomic E-state index is 0.109. The molecule has 7 nitrogen and oxygen atoms in total. The Morgan fingerprint density at radius 2 is 1.97 bits per heavy atom. The summed E-state index contributed by atoms with van der Waals surface area (Å²) in [6.07, 6.45) is 4.26. The minimum atomic E-state index is -3.36. The highest BCUT2D eigenvalue weighted by atomic mass is 32.2. The lowest BCUT2D eigenvalue weighted by Gasteiger charge is -2.24. The quantitative estimate of drug-likeness (QED) is 0.410. The second-order valence-corrected chi connectivity index (χ2v) is 11.0. The number of hydrogen-bond donors (Lipinski definition) is 3. The van der Waals surface area contributed by atoms with Gasteiger partial charge in [0.2, 0.25) is 0 Å². The first-order valence-corrected chi connectivity index (χ1v) is 13.3. The lowest BCUT2D eigenvalue weighted by Crippen LogP contribution is -2.37. The summed E-state index contributed by atoms with van der Waals surface area (Å²) < 4.78 is 58.7. The molecule has 0 saturated carbocycles. The zero-order chi connectivity index (χ0) is 26.0. The van der Waals surface area contributed by atoms with Gasteiger partial charge in [-0.1, -0.05) is 19.1 Å². The second kappa shape index (κ2) is 10.4. The van der Waals surface area contributed by atoms with Crippen molar-refractivity contribution in [1.82, 2.24) is 9.29 Å². The van der Waals surface area contributed by atoms with Crippen molar-refractivity contribution in [3.63, 3.8) is 0 Å². The molecule has 10 heteroatoms. The third-order valence-corrected chi connectivity index (χ3v) is 8.31. The molecule has 2 heterocycles. The smallest absolute Gasteiger partial charge is 0.272 e. The average molecular weight is 517 g/mol. The molecule has 36 heavy (non-hydrogen) atoms. The molecule has 3 atom stereocenters. The molecule has 3 aromatic rings. The third-order valence-electron chi connectivity index (χ3n) is 6.71. The number of carbonyl (C=O) groups excluding carboxylic acids is 1. The van der Waals surface area contributed by atoms with Crippen molar-refractivity contribution in [3.8, 4) is 5.75 Å². The fourth-order valence-electron chi connectivity index (χ4n) is 4.62. The molecule has 2 aromatic carbocycles. The third kappa shape index (κ3) is 5.44. The molecule has 1 aromatic heterocycles. The van der Waals surface area contributed by atoms with E-state index in [9.17, 15) is 17.8 Å². The number of anilines is 1. The van der Waals surface area contributed by atoms with Crippen LogP contribution in [0.1, 0.15) is 41.4 Å². The maximum Gasteiger partial charge on any atom is 0.272 e. The van der Waals surface area contributed by atoms with Crippen LogP contribution < -0.4 is 14.8 Å². The molecule has 0 aliphatic carbocycles. The predicted molar refractivity (Wildman–Crippen MR) is 135 cm³/mol. The van der Waals surface area contributed by atoms with Gasteiger partial charge in [0.05, 0.1) is 12.0 Å². The highest BCUT2D eigenvalue weighted by molar-refractivity contribution is 7.90. The summed E-state index contributed by atoms with van der Waals surface area (Å²) in [5.41, 5.74) is 2.07. The molecule has 1 aliphatic heterocycles. The number of fused-ring (bicyclic) bond motifs is 1. The van der Waals surface area contributed by atoms with E-state index in [0.29, 0.717) is 18.4 Å². The lowest BCUT2D eigenvalue weighted by molar-refractivity contribution is 0.101. The molecular formula is C26H30F2N4O3S. The van der Waals surface area contributed by atoms with Gasteiger partial charge in [-0.2, -0.15) is 0 Å². The fraction of sp³-hybridized carbons (Fsp3) is 0.346. The molecule has 4 rings (SSSR count). The Labute approximate surface area is 210 Å². The molecular weight excluding hydrogens is 486 g/mol. The van der Waals surface area contributed by atoms with Crippen molar-refractivity contribution in [3.05, 3.63) is 77.1 Å². The van der Waals surface area contributed by atoms with Crippen molar-refractivity contribution in [2.45, 2.75) is 43.5 Å². The van der Waals surface area contributed by atoms with E-state index >= 15 is 0 Å². The Bertz CT molecular complexity index is 1370. The number of aromatic nitrogens is 1. The summed E-state index contributed by atoms with van der Waals surface area (Å²) in [5, 5.41) is 2.58. The van der Waals surface area contributed by atoms with Gasteiger partial charge in [-0.05, 0) is 61.4 Å². The summed E-state index contributed by atoms with van der Waals surface area (Å²) in [4.78, 5) is 13.4. The van der Waals surface area contributed by atoms with Crippen molar-refractivity contribution < 1.29 is 22.5 Å². The van der Waals surface area contributed by atoms with Gasteiger partial charge in [-0.3, -0.25) is 4.79 Å². The van der Waals surface area contributed by atoms with Gasteiger partial charge in [-0.15, -0.1) is 0 Å². The molecule has 0 spiro atoms. The van der Waals surface area contributed by atoms with Crippen LogP contribution in [0.25, 0.3) is 0 Å². The van der Waals surface area contributed by atoms with Crippen LogP contribution in [0.5, 0.6) is 5.75 Å². The Balaban J connectivity index is 1.50. The summed E-state index contributed by atoms with van der Waals surface area (Å²) in [7, 11) is -0.0960. The van der Waals surface area contributed by atoms with Gasteiger partial charge < -0.3 is 14.6 Å². The van der Waals surface area contributed by atoms with Crippen LogP contribution in [0.4, 0.5) is 14.5 Å². The number of nitrogens with zero attached hydrogens (tertiary/aromatic N) is 1. The molecule has 1 amide bonds. The lowest BCUT2D eigenvalue weighted by atomic mass is 9.91. The van der Waals surface area contributed by atoms with E-state index in [1.54, 1.807) is 20.4 Å². The van der Waals surface area contributed by atoms with E-state index in [2.05, 4.69) is 17.0 Å². The molecule has 0 bridgehead atoms. The maximum absolute atomic E-state index is 13.6. The number of aryl methyl sites for hydroxylation is 2. The summed E-state index contributed by atoms with van der Waals surface area (Å²) >= 11 is 0. The van der Waals surface area contributed by atoms with Crippen molar-refractivity contribution in [2.24, 2.45) is 13.0 Å². The van der Waals surface area contributed by atoms with Crippen LogP contribution in [0.15, 0.2) is 53.6 Å². The highest BCUT2D eigenvalue weighted by Crippen LogP contribution is 2.31. The van der Waals surface area contributed by atoms with Crippen molar-refractivity contribution >= 4 is 21.5 Å². The van der Waals surface area contributed by atoms with Gasteiger partial charge in [0.15, 0.2) is 11.6 Å². The number of halogens is 2. The first kappa shape index (κ1) is 25.8. The Kier molecular flexibility index (Phi) is 7.46. The highest BCUT2D eigenvalue weighted by Gasteiger charge is 2.32. The number of methoxy groups -OCH3 is 1. The normalized spacial score (nSPS) is 20.3. The Hall–Kier alpha value is -3.24. The second-order valence-electron chi connectivity index (χ2n) is 9.20. The summed E-state index contributed by atoms with van der Waals surface area (Å²) in [6.45, 7) is 2.07. The van der Waals surface area contributed by atoms with E-state index < -0.39 is 27.5 Å². The zero-order valence-electron chi connectivity index (χ0n) is 20.4. The van der Waals surface area contributed by atoms with E-state index in [0.717, 1.165) is 30.7 Å². The number of ether oxygens (including phenoxy) is 1. The van der Waals surface area contributed by atoms with Gasteiger partial charge in [0, 0.05) is 36.6 Å². The molecule has 192 valence electrons. The number of amides is 1. The monoisotopic (exact) mass is 516 g/mol. The first-order valence-electron chi connectivity index (χ1n) is 11.7. The van der Waals surface area contributed by atoms with E-state index in [-0.39, 0.29) is 28.2 Å². The Morgan fingerprint density at radius 1 is 1.25 bits per heavy atom. The molecule has 0 saturated heterocycles. The zero-order valence-corrected chi connectivity index (χ0v) is 21.3. The summed E-state index contributed by atoms with van der Waals surface area (Å²) in [5.74, 6) is -1.67. The molecule has 3 N–H and O–H groups in total. The average Bonchev–Trinajstić information content (AvgIpc) is 3.13. The molecule has 1 aliphatic rings. The topological polar surface area (TPSA) is 96.2 Å². The standard InChI is InChI=1S/C26H30F2N4O3S/c1-16(4-5-17-6-9-19(35-3)10-7-17)23-13-11-20-24(36(29,34)31-23)15-32(2)25(20)26(33)30-18-8-12-21(27)22(28)14-18/h6-10,12,14-16,23H,4-5,11,13H2,1-3H3,(H,30,33)(H2,29,31,34)/t16-,23?,36?/m0/s1. The number of hydrogen-bond acceptors (Lipinski definition) is 4. The van der Waals surface area contributed by atoms with Crippen LogP contribution in [-0.2, 0) is 29.8 Å². The van der Waals surface area contributed by atoms with Gasteiger partial charge in [0.1, 0.15) is 21.4 Å². The fourth-order valence-corrected chi connectivity index (χ4v) is 6.38. The SMILES string of the molecule is COc1ccc(CC[C@H](C)C2CCc3c(cn(C)c3C(=O)Nc3ccc(F)c(F)c3)S(=N)(=O)N2)cc1. The van der Waals surface area contributed by atoms with Crippen LogP contribution in [0.3, 0.4) is 0 Å². The number of nitrogens with one attached hydrogen (secondary N) is 3. The van der Waals surface area contributed by atoms with Gasteiger partial charge in [0.25, 0.3) is 5.91 Å². The van der Waals surface area contributed by atoms with E-state index in [1.807, 2.05) is 24.3 Å². The van der Waals surface area contributed by atoms with Crippen LogP contribution in [0, 0.1) is 22.3 Å². The molecule has 2 unspecified atom stereocenters. The largest absolute Gasteiger partial charge is 0.497 e. The van der Waals surface area contributed by atoms with Gasteiger partial charge >= 0.3 is 0 Å². The van der Waals surface area contributed by atoms with Crippen LogP contribution in [0.2, 0.25) is 0 Å². The van der Waals surface area contributed by atoms with Gasteiger partial charge in [-0.25, -0.2) is 22.5 Å². The first-order chi connectivity index (χ1) is 17.1. The summed E-state index contributed by atoms with van der Waals surface area (Å²) in [6, 6.07) is 10.8. The molecule has 0 fully saturated rings. The predicted octanol–water partition coefficient (Wildman–Crippen LogP) is 5.06. The molecule has 0 radical (unpaired) electrons.